The Bertz CT molecular complexity index is 904. The minimum absolute atomic E-state index is 0.0410. The van der Waals surface area contributed by atoms with Gasteiger partial charge in [-0.05, 0) is 44.7 Å². The van der Waals surface area contributed by atoms with Crippen molar-refractivity contribution in [2.75, 3.05) is 13.1 Å². The zero-order valence-electron chi connectivity index (χ0n) is 20.5. The summed E-state index contributed by atoms with van der Waals surface area (Å²) >= 11 is 0. The van der Waals surface area contributed by atoms with E-state index < -0.39 is 42.1 Å². The topological polar surface area (TPSA) is 140 Å². The molecule has 0 aliphatic rings. The molecule has 0 aromatic heterocycles. The van der Waals surface area contributed by atoms with Crippen molar-refractivity contribution in [2.24, 2.45) is 0 Å². The Morgan fingerprint density at radius 2 is 1.23 bits per heavy atom. The van der Waals surface area contributed by atoms with Crippen LogP contribution in [-0.2, 0) is 17.6 Å². The molecule has 0 aliphatic heterocycles. The van der Waals surface area contributed by atoms with Crippen LogP contribution in [0, 0.1) is 0 Å². The van der Waals surface area contributed by atoms with Gasteiger partial charge in [-0.15, -0.1) is 0 Å². The molecule has 0 radical (unpaired) electrons. The lowest BCUT2D eigenvalue weighted by Crippen LogP contribution is -2.52. The van der Waals surface area contributed by atoms with Crippen LogP contribution in [0.25, 0.3) is 0 Å². The van der Waals surface area contributed by atoms with E-state index in [2.05, 4.69) is 16.0 Å². The van der Waals surface area contributed by atoms with Gasteiger partial charge in [-0.3, -0.25) is 0 Å². The van der Waals surface area contributed by atoms with Crippen molar-refractivity contribution in [3.63, 3.8) is 0 Å². The van der Waals surface area contributed by atoms with Crippen molar-refractivity contribution >= 4 is 12.2 Å². The predicted molar refractivity (Wildman–Crippen MR) is 133 cm³/mol. The molecule has 2 aromatic carbocycles. The number of carboxylic acid groups (broad SMARTS) is 1. The quantitative estimate of drug-likeness (QED) is 0.270. The number of carbonyl (C=O) groups excluding carboxylic acids is 1. The number of ether oxygens (including phenoxy) is 1. The number of aliphatic hydroxyl groups is 2. The van der Waals surface area contributed by atoms with Crippen molar-refractivity contribution < 1.29 is 29.6 Å². The molecule has 2 rings (SSSR count). The molecule has 0 bridgehead atoms. The third kappa shape index (κ3) is 11.2. The summed E-state index contributed by atoms with van der Waals surface area (Å²) in [5.74, 6) is 0. The number of aliphatic hydroxyl groups excluding tert-OH is 2. The van der Waals surface area contributed by atoms with Gasteiger partial charge in [-0.1, -0.05) is 60.7 Å². The van der Waals surface area contributed by atoms with Crippen LogP contribution in [0.2, 0.25) is 0 Å². The fraction of sp³-hybridized carbons (Fsp3) is 0.462. The Hall–Kier alpha value is -3.14. The zero-order valence-corrected chi connectivity index (χ0v) is 20.5. The van der Waals surface area contributed by atoms with Gasteiger partial charge in [0.05, 0.1) is 24.3 Å². The van der Waals surface area contributed by atoms with Crippen molar-refractivity contribution in [2.45, 2.75) is 63.5 Å². The van der Waals surface area contributed by atoms with E-state index in [1.807, 2.05) is 60.7 Å². The van der Waals surface area contributed by atoms with Gasteiger partial charge >= 0.3 is 12.2 Å². The van der Waals surface area contributed by atoms with Crippen LogP contribution < -0.4 is 16.0 Å². The molecular weight excluding hydrogens is 450 g/mol. The number of nitrogens with one attached hydrogen (secondary N) is 3. The number of hydrogen-bond donors (Lipinski definition) is 6. The zero-order chi connectivity index (χ0) is 25.8. The molecule has 6 N–H and O–H groups in total. The highest BCUT2D eigenvalue weighted by atomic mass is 16.6. The average molecular weight is 488 g/mol. The lowest BCUT2D eigenvalue weighted by molar-refractivity contribution is 0.0416. The fourth-order valence-electron chi connectivity index (χ4n) is 3.58. The van der Waals surface area contributed by atoms with E-state index in [0.717, 1.165) is 11.1 Å². The molecular formula is C26H37N3O6. The lowest BCUT2D eigenvalue weighted by atomic mass is 10.00. The van der Waals surface area contributed by atoms with Crippen molar-refractivity contribution in [1.29, 1.82) is 0 Å². The van der Waals surface area contributed by atoms with Gasteiger partial charge in [-0.25, -0.2) is 9.59 Å². The van der Waals surface area contributed by atoms with Crippen LogP contribution >= 0.6 is 0 Å². The second kappa shape index (κ2) is 13.7. The fourth-order valence-corrected chi connectivity index (χ4v) is 3.58. The lowest BCUT2D eigenvalue weighted by Gasteiger charge is -2.28. The van der Waals surface area contributed by atoms with Crippen LogP contribution in [0.5, 0.6) is 0 Å². The SMILES string of the molecule is CC(C)(C)OC(=O)N[C@@H](Cc1ccccc1)C(O)CNC[C@H](O)[C@H](Cc1ccccc1)NC(=O)O. The van der Waals surface area contributed by atoms with Gasteiger partial charge in [0.25, 0.3) is 0 Å². The Kier molecular flexibility index (Phi) is 11.0. The van der Waals surface area contributed by atoms with Crippen LogP contribution in [-0.4, -0.2) is 70.5 Å². The van der Waals surface area contributed by atoms with E-state index in [-0.39, 0.29) is 13.1 Å². The second-order valence-corrected chi connectivity index (χ2v) is 9.48. The summed E-state index contributed by atoms with van der Waals surface area (Å²) in [4.78, 5) is 23.6. The van der Waals surface area contributed by atoms with Gasteiger partial charge in [0, 0.05) is 13.1 Å². The first-order chi connectivity index (χ1) is 16.5. The number of alkyl carbamates (subject to hydrolysis) is 1. The monoisotopic (exact) mass is 487 g/mol. The first kappa shape index (κ1) is 28.1. The maximum atomic E-state index is 12.3. The molecule has 35 heavy (non-hydrogen) atoms. The summed E-state index contributed by atoms with van der Waals surface area (Å²) in [6, 6.07) is 17.3. The first-order valence-corrected chi connectivity index (χ1v) is 11.7. The highest BCUT2D eigenvalue weighted by Crippen LogP contribution is 2.11. The van der Waals surface area contributed by atoms with E-state index >= 15 is 0 Å². The third-order valence-corrected chi connectivity index (χ3v) is 5.24. The molecule has 2 aromatic rings. The van der Waals surface area contributed by atoms with E-state index in [0.29, 0.717) is 12.8 Å². The van der Waals surface area contributed by atoms with Gasteiger partial charge in [0.15, 0.2) is 0 Å². The molecule has 0 saturated carbocycles. The predicted octanol–water partition coefficient (Wildman–Crippen LogP) is 2.31. The van der Waals surface area contributed by atoms with E-state index in [1.54, 1.807) is 20.8 Å². The smallest absolute Gasteiger partial charge is 0.407 e. The number of carbonyl (C=O) groups is 2. The van der Waals surface area contributed by atoms with Crippen LogP contribution in [0.3, 0.4) is 0 Å². The first-order valence-electron chi connectivity index (χ1n) is 11.7. The molecule has 1 unspecified atom stereocenters. The molecule has 0 spiro atoms. The number of amides is 2. The summed E-state index contributed by atoms with van der Waals surface area (Å²) < 4.78 is 5.34. The van der Waals surface area contributed by atoms with Crippen LogP contribution in [0.1, 0.15) is 31.9 Å². The number of hydrogen-bond acceptors (Lipinski definition) is 6. The summed E-state index contributed by atoms with van der Waals surface area (Å²) in [5, 5.41) is 38.7. The van der Waals surface area contributed by atoms with E-state index in [9.17, 15) is 19.8 Å². The average Bonchev–Trinajstić information content (AvgIpc) is 2.78. The Morgan fingerprint density at radius 3 is 1.63 bits per heavy atom. The minimum Gasteiger partial charge on any atom is -0.465 e. The standard InChI is InChI=1S/C26H37N3O6/c1-26(2,3)35-25(34)29-21(15-19-12-8-5-9-13-19)23(31)17-27-16-22(30)20(28-24(32)33)14-18-10-6-4-7-11-18/h4-13,20-23,27-28,30-31H,14-17H2,1-3H3,(H,29,34)(H,32,33)/t20-,21-,22-,23?/m0/s1. The molecule has 0 fully saturated rings. The second-order valence-electron chi connectivity index (χ2n) is 9.48. The van der Waals surface area contributed by atoms with Crippen molar-refractivity contribution in [3.05, 3.63) is 71.8 Å². The van der Waals surface area contributed by atoms with Crippen molar-refractivity contribution in [1.82, 2.24) is 16.0 Å². The maximum absolute atomic E-state index is 12.3. The minimum atomic E-state index is -1.23. The van der Waals surface area contributed by atoms with E-state index in [4.69, 9.17) is 9.84 Å². The Balaban J connectivity index is 1.97. The Labute approximate surface area is 206 Å². The van der Waals surface area contributed by atoms with E-state index in [1.165, 1.54) is 0 Å². The molecule has 0 heterocycles. The summed E-state index contributed by atoms with van der Waals surface area (Å²) in [6.07, 6.45) is -3.20. The normalized spacial score (nSPS) is 14.9. The summed E-state index contributed by atoms with van der Waals surface area (Å²) in [6.45, 7) is 5.38. The van der Waals surface area contributed by atoms with Crippen LogP contribution in [0.4, 0.5) is 9.59 Å². The molecule has 0 aliphatic carbocycles. The molecule has 2 amide bonds. The van der Waals surface area contributed by atoms with Crippen LogP contribution in [0.15, 0.2) is 60.7 Å². The highest BCUT2D eigenvalue weighted by Gasteiger charge is 2.26. The largest absolute Gasteiger partial charge is 0.465 e. The van der Waals surface area contributed by atoms with Gasteiger partial charge in [0.2, 0.25) is 0 Å². The van der Waals surface area contributed by atoms with Gasteiger partial charge in [0.1, 0.15) is 5.60 Å². The third-order valence-electron chi connectivity index (χ3n) is 5.24. The van der Waals surface area contributed by atoms with Gasteiger partial charge < -0.3 is 36.0 Å². The molecule has 9 heteroatoms. The highest BCUT2D eigenvalue weighted by molar-refractivity contribution is 5.68. The summed E-state index contributed by atoms with van der Waals surface area (Å²) in [7, 11) is 0. The molecule has 9 nitrogen and oxygen atoms in total. The van der Waals surface area contributed by atoms with Gasteiger partial charge in [-0.2, -0.15) is 0 Å². The number of benzene rings is 2. The molecule has 0 saturated heterocycles. The Morgan fingerprint density at radius 1 is 0.800 bits per heavy atom. The number of rotatable bonds is 12. The summed E-state index contributed by atoms with van der Waals surface area (Å²) in [5.41, 5.74) is 1.13. The van der Waals surface area contributed by atoms with Crippen molar-refractivity contribution in [3.8, 4) is 0 Å². The molecule has 4 atom stereocenters. The maximum Gasteiger partial charge on any atom is 0.407 e. The molecule has 192 valence electrons.